The van der Waals surface area contributed by atoms with E-state index in [1.165, 1.54) is 0 Å². The average Bonchev–Trinajstić information content (AvgIpc) is 3.58. The first-order valence-electron chi connectivity index (χ1n) is 12.2. The van der Waals surface area contributed by atoms with Crippen molar-refractivity contribution in [3.05, 3.63) is 60.0 Å². The zero-order valence-electron chi connectivity index (χ0n) is 20.4. The fourth-order valence-corrected chi connectivity index (χ4v) is 5.43. The minimum atomic E-state index is 0.222. The summed E-state index contributed by atoms with van der Waals surface area (Å²) in [5, 5.41) is 7.10. The van der Waals surface area contributed by atoms with Gasteiger partial charge in [-0.3, -0.25) is 14.3 Å². The standard InChI is InChI=1S/C27H30N6OS/c1-4-32(5-2)15-7-6-8-24(34)21-13-14-23-25(16-21)35-27-29-22(17-33(23)27)19-9-11-20(12-10-19)26-28-18(3)30-31-26/h9-14,16-17H,4-8,15H2,1-3H3,(H,28,30,31). The summed E-state index contributed by atoms with van der Waals surface area (Å²) in [6, 6.07) is 14.2. The molecule has 0 fully saturated rings. The lowest BCUT2D eigenvalue weighted by Crippen LogP contribution is -2.24. The molecule has 1 N–H and O–H groups in total. The maximum absolute atomic E-state index is 12.8. The van der Waals surface area contributed by atoms with Crippen molar-refractivity contribution in [1.82, 2.24) is 29.5 Å². The molecule has 0 unspecified atom stereocenters. The van der Waals surface area contributed by atoms with Crippen LogP contribution in [0.25, 0.3) is 37.8 Å². The van der Waals surface area contributed by atoms with Gasteiger partial charge in [-0.1, -0.05) is 49.4 Å². The predicted molar refractivity (Wildman–Crippen MR) is 142 cm³/mol. The van der Waals surface area contributed by atoms with Crippen molar-refractivity contribution in [2.24, 2.45) is 0 Å². The maximum Gasteiger partial charge on any atom is 0.195 e. The molecule has 2 aromatic carbocycles. The van der Waals surface area contributed by atoms with Gasteiger partial charge in [-0.25, -0.2) is 9.97 Å². The van der Waals surface area contributed by atoms with E-state index >= 15 is 0 Å². The van der Waals surface area contributed by atoms with Crippen LogP contribution in [-0.4, -0.2) is 54.9 Å². The van der Waals surface area contributed by atoms with Crippen LogP contribution in [-0.2, 0) is 0 Å². The number of imidazole rings is 1. The van der Waals surface area contributed by atoms with Crippen molar-refractivity contribution in [3.63, 3.8) is 0 Å². The molecule has 0 atom stereocenters. The summed E-state index contributed by atoms with van der Waals surface area (Å²) in [5.74, 6) is 1.71. The molecule has 0 saturated heterocycles. The van der Waals surface area contributed by atoms with Crippen LogP contribution in [0.15, 0.2) is 48.7 Å². The number of benzene rings is 2. The van der Waals surface area contributed by atoms with Gasteiger partial charge in [-0.2, -0.15) is 5.10 Å². The lowest BCUT2D eigenvalue weighted by atomic mass is 10.1. The molecule has 0 aliphatic rings. The Morgan fingerprint density at radius 2 is 1.80 bits per heavy atom. The average molecular weight is 487 g/mol. The van der Waals surface area contributed by atoms with Gasteiger partial charge in [0.1, 0.15) is 5.82 Å². The number of carbonyl (C=O) groups is 1. The van der Waals surface area contributed by atoms with Gasteiger partial charge in [0.25, 0.3) is 0 Å². The number of nitrogens with zero attached hydrogens (tertiary/aromatic N) is 5. The molecule has 0 aliphatic heterocycles. The van der Waals surface area contributed by atoms with Gasteiger partial charge in [0.05, 0.1) is 15.9 Å². The molecule has 3 heterocycles. The van der Waals surface area contributed by atoms with E-state index in [2.05, 4.69) is 44.5 Å². The van der Waals surface area contributed by atoms with Crippen LogP contribution in [0.2, 0.25) is 0 Å². The Morgan fingerprint density at radius 1 is 1.03 bits per heavy atom. The molecule has 180 valence electrons. The number of ketones is 1. The number of hydrogen-bond donors (Lipinski definition) is 1. The van der Waals surface area contributed by atoms with Crippen LogP contribution in [0.4, 0.5) is 0 Å². The minimum Gasteiger partial charge on any atom is -0.304 e. The van der Waals surface area contributed by atoms with E-state index in [1.54, 1.807) is 11.3 Å². The van der Waals surface area contributed by atoms with Crippen molar-refractivity contribution in [2.75, 3.05) is 19.6 Å². The topological polar surface area (TPSA) is 79.2 Å². The highest BCUT2D eigenvalue weighted by atomic mass is 32.1. The number of carbonyl (C=O) groups excluding carboxylic acids is 1. The SMILES string of the molecule is CCN(CC)CCCCC(=O)c1ccc2c(c1)sc1nc(-c3ccc(-c4n[nH]c(C)n4)cc3)cn12. The van der Waals surface area contributed by atoms with Crippen LogP contribution in [0.1, 0.15) is 49.3 Å². The van der Waals surface area contributed by atoms with Crippen molar-refractivity contribution < 1.29 is 4.79 Å². The van der Waals surface area contributed by atoms with Gasteiger partial charge in [0, 0.05) is 29.3 Å². The molecule has 3 aromatic heterocycles. The van der Waals surface area contributed by atoms with Crippen LogP contribution < -0.4 is 0 Å². The number of nitrogens with one attached hydrogen (secondary N) is 1. The van der Waals surface area contributed by atoms with Gasteiger partial charge < -0.3 is 4.90 Å². The molecule has 0 spiro atoms. The Balaban J connectivity index is 1.29. The van der Waals surface area contributed by atoms with E-state index in [9.17, 15) is 4.79 Å². The van der Waals surface area contributed by atoms with E-state index in [4.69, 9.17) is 4.98 Å². The van der Waals surface area contributed by atoms with Crippen LogP contribution in [0, 0.1) is 6.92 Å². The number of aryl methyl sites for hydroxylation is 1. The molecule has 35 heavy (non-hydrogen) atoms. The van der Waals surface area contributed by atoms with Crippen molar-refractivity contribution in [1.29, 1.82) is 0 Å². The fraction of sp³-hybridized carbons (Fsp3) is 0.333. The van der Waals surface area contributed by atoms with Gasteiger partial charge in [-0.05, 0) is 57.6 Å². The lowest BCUT2D eigenvalue weighted by molar-refractivity contribution is 0.0978. The Kier molecular flexibility index (Phi) is 6.74. The van der Waals surface area contributed by atoms with Gasteiger partial charge in [0.2, 0.25) is 0 Å². The summed E-state index contributed by atoms with van der Waals surface area (Å²) in [7, 11) is 0. The third-order valence-electron chi connectivity index (χ3n) is 6.47. The third kappa shape index (κ3) is 4.90. The van der Waals surface area contributed by atoms with E-state index in [1.807, 2.05) is 49.4 Å². The van der Waals surface area contributed by atoms with Gasteiger partial charge >= 0.3 is 0 Å². The summed E-state index contributed by atoms with van der Waals surface area (Å²) in [4.78, 5) is 25.3. The normalized spacial score (nSPS) is 11.8. The number of thiazole rings is 1. The first-order valence-corrected chi connectivity index (χ1v) is 13.0. The molecule has 0 saturated carbocycles. The maximum atomic E-state index is 12.8. The summed E-state index contributed by atoms with van der Waals surface area (Å²) in [6.07, 6.45) is 4.65. The number of H-pyrrole nitrogens is 1. The van der Waals surface area contributed by atoms with Crippen LogP contribution >= 0.6 is 11.3 Å². The van der Waals surface area contributed by atoms with Crippen molar-refractivity contribution >= 4 is 32.3 Å². The van der Waals surface area contributed by atoms with Crippen molar-refractivity contribution in [2.45, 2.75) is 40.0 Å². The molecule has 0 aliphatic carbocycles. The number of Topliss-reactive ketones (excluding diaryl/α,β-unsaturated/α-hetero) is 1. The van der Waals surface area contributed by atoms with E-state index < -0.39 is 0 Å². The highest BCUT2D eigenvalue weighted by Gasteiger charge is 2.14. The third-order valence-corrected chi connectivity index (χ3v) is 7.49. The highest BCUT2D eigenvalue weighted by Crippen LogP contribution is 2.31. The molecule has 0 amide bonds. The summed E-state index contributed by atoms with van der Waals surface area (Å²) >= 11 is 1.62. The van der Waals surface area contributed by atoms with Gasteiger partial charge in [-0.15, -0.1) is 0 Å². The zero-order chi connectivity index (χ0) is 24.4. The summed E-state index contributed by atoms with van der Waals surface area (Å²) < 4.78 is 3.20. The van der Waals surface area contributed by atoms with E-state index in [-0.39, 0.29) is 5.78 Å². The molecular weight excluding hydrogens is 456 g/mol. The predicted octanol–water partition coefficient (Wildman–Crippen LogP) is 6.00. The number of hydrogen-bond acceptors (Lipinski definition) is 6. The largest absolute Gasteiger partial charge is 0.304 e. The number of fused-ring (bicyclic) bond motifs is 3. The Labute approximate surface area is 208 Å². The Morgan fingerprint density at radius 3 is 2.51 bits per heavy atom. The molecule has 7 nitrogen and oxygen atoms in total. The van der Waals surface area contributed by atoms with E-state index in [0.717, 1.165) is 75.9 Å². The molecule has 8 heteroatoms. The lowest BCUT2D eigenvalue weighted by Gasteiger charge is -2.17. The van der Waals surface area contributed by atoms with Crippen LogP contribution in [0.5, 0.6) is 0 Å². The van der Waals surface area contributed by atoms with Crippen molar-refractivity contribution in [3.8, 4) is 22.6 Å². The molecule has 5 rings (SSSR count). The van der Waals surface area contributed by atoms with E-state index in [0.29, 0.717) is 12.2 Å². The molecule has 0 bridgehead atoms. The quantitative estimate of drug-likeness (QED) is 0.193. The smallest absolute Gasteiger partial charge is 0.195 e. The second kappa shape index (κ2) is 10.1. The number of aromatic amines is 1. The zero-order valence-corrected chi connectivity index (χ0v) is 21.2. The number of rotatable bonds is 10. The van der Waals surface area contributed by atoms with Gasteiger partial charge in [0.15, 0.2) is 16.6 Å². The second-order valence-corrected chi connectivity index (χ2v) is 9.80. The number of unbranched alkanes of at least 4 members (excludes halogenated alkanes) is 1. The molecule has 5 aromatic rings. The number of aromatic nitrogens is 5. The highest BCUT2D eigenvalue weighted by molar-refractivity contribution is 7.23. The minimum absolute atomic E-state index is 0.222. The summed E-state index contributed by atoms with van der Waals surface area (Å²) in [6.45, 7) is 9.45. The summed E-state index contributed by atoms with van der Waals surface area (Å²) in [5.41, 5.74) is 4.80. The van der Waals surface area contributed by atoms with Crippen LogP contribution in [0.3, 0.4) is 0 Å². The molecule has 0 radical (unpaired) electrons. The second-order valence-electron chi connectivity index (χ2n) is 8.79. The first kappa shape index (κ1) is 23.4. The molecular formula is C27H30N6OS. The first-order chi connectivity index (χ1) is 17.1. The Bertz CT molecular complexity index is 1460. The fourth-order valence-electron chi connectivity index (χ4n) is 4.38. The Hall–Kier alpha value is -3.36. The monoisotopic (exact) mass is 486 g/mol.